The van der Waals surface area contributed by atoms with Gasteiger partial charge in [0.2, 0.25) is 5.91 Å². The molecule has 5 nitrogen and oxygen atoms in total. The summed E-state index contributed by atoms with van der Waals surface area (Å²) >= 11 is 0. The number of pyridine rings is 1. The molecule has 0 aromatic carbocycles. The van der Waals surface area contributed by atoms with Gasteiger partial charge in [-0.2, -0.15) is 0 Å². The smallest absolute Gasteiger partial charge is 0.220 e. The first-order valence-electron chi connectivity index (χ1n) is 5.87. The molecule has 92 valence electrons. The number of likely N-dealkylation sites (tertiary alicyclic amines) is 1. The first-order chi connectivity index (χ1) is 8.15. The number of nitrogen functional groups attached to an aromatic ring is 1. The number of carbonyl (C=O) groups excluding carboxylic acids is 1. The molecule has 0 saturated carbocycles. The third-order valence-corrected chi connectivity index (χ3v) is 3.24. The van der Waals surface area contributed by atoms with Crippen LogP contribution in [0.15, 0.2) is 18.3 Å². The van der Waals surface area contributed by atoms with E-state index >= 15 is 0 Å². The summed E-state index contributed by atoms with van der Waals surface area (Å²) < 4.78 is 0. The highest BCUT2D eigenvalue weighted by molar-refractivity contribution is 5.76. The topological polar surface area (TPSA) is 85.2 Å². The van der Waals surface area contributed by atoms with E-state index in [4.69, 9.17) is 11.5 Å². The Hall–Kier alpha value is -1.62. The highest BCUT2D eigenvalue weighted by Crippen LogP contribution is 2.18. The minimum Gasteiger partial charge on any atom is -0.384 e. The van der Waals surface area contributed by atoms with Crippen molar-refractivity contribution >= 4 is 11.7 Å². The Morgan fingerprint density at radius 2 is 2.12 bits per heavy atom. The van der Waals surface area contributed by atoms with Crippen LogP contribution in [0.1, 0.15) is 18.4 Å². The van der Waals surface area contributed by atoms with Gasteiger partial charge in [-0.1, -0.05) is 6.07 Å². The van der Waals surface area contributed by atoms with Gasteiger partial charge < -0.3 is 11.5 Å². The van der Waals surface area contributed by atoms with E-state index in [0.717, 1.165) is 38.0 Å². The number of primary amides is 1. The number of carbonyl (C=O) groups is 1. The number of aromatic nitrogens is 1. The Bertz CT molecular complexity index is 382. The second kappa shape index (κ2) is 5.14. The van der Waals surface area contributed by atoms with Crippen molar-refractivity contribution in [3.8, 4) is 0 Å². The average Bonchev–Trinajstić information content (AvgIpc) is 2.33. The maximum absolute atomic E-state index is 11.0. The molecule has 4 N–H and O–H groups in total. The van der Waals surface area contributed by atoms with Gasteiger partial charge in [-0.05, 0) is 37.6 Å². The quantitative estimate of drug-likeness (QED) is 0.790. The minimum atomic E-state index is -0.168. The SMILES string of the molecule is NC(=O)C1CCN(Cc2ccc(N)nc2)CC1. The summed E-state index contributed by atoms with van der Waals surface area (Å²) in [6.45, 7) is 2.69. The molecular formula is C12H18N4O. The van der Waals surface area contributed by atoms with Gasteiger partial charge in [0.05, 0.1) is 0 Å². The zero-order chi connectivity index (χ0) is 12.3. The van der Waals surface area contributed by atoms with E-state index in [9.17, 15) is 4.79 Å². The number of hydrogen-bond acceptors (Lipinski definition) is 4. The van der Waals surface area contributed by atoms with Gasteiger partial charge in [0.25, 0.3) is 0 Å². The van der Waals surface area contributed by atoms with Gasteiger partial charge in [-0.15, -0.1) is 0 Å². The molecule has 1 aromatic rings. The molecule has 0 radical (unpaired) electrons. The van der Waals surface area contributed by atoms with Crippen LogP contribution in [0.3, 0.4) is 0 Å². The van der Waals surface area contributed by atoms with Crippen LogP contribution in [-0.4, -0.2) is 28.9 Å². The Balaban J connectivity index is 1.85. The number of nitrogens with two attached hydrogens (primary N) is 2. The van der Waals surface area contributed by atoms with Crippen LogP contribution < -0.4 is 11.5 Å². The highest BCUT2D eigenvalue weighted by atomic mass is 16.1. The van der Waals surface area contributed by atoms with Gasteiger partial charge in [-0.3, -0.25) is 9.69 Å². The zero-order valence-corrected chi connectivity index (χ0v) is 9.80. The van der Waals surface area contributed by atoms with Gasteiger partial charge in [0.1, 0.15) is 5.82 Å². The maximum Gasteiger partial charge on any atom is 0.220 e. The van der Waals surface area contributed by atoms with Crippen LogP contribution in [0, 0.1) is 5.92 Å². The van der Waals surface area contributed by atoms with Crippen molar-refractivity contribution in [1.82, 2.24) is 9.88 Å². The van der Waals surface area contributed by atoms with Crippen molar-refractivity contribution in [2.75, 3.05) is 18.8 Å². The molecule has 1 aromatic heterocycles. The normalized spacial score (nSPS) is 18.1. The van der Waals surface area contributed by atoms with Gasteiger partial charge in [0, 0.05) is 18.7 Å². The molecule has 0 bridgehead atoms. The fourth-order valence-corrected chi connectivity index (χ4v) is 2.16. The van der Waals surface area contributed by atoms with E-state index in [2.05, 4.69) is 9.88 Å². The van der Waals surface area contributed by atoms with Crippen molar-refractivity contribution < 1.29 is 4.79 Å². The standard InChI is InChI=1S/C12H18N4O/c13-11-2-1-9(7-15-11)8-16-5-3-10(4-6-16)12(14)17/h1-2,7,10H,3-6,8H2,(H2,13,15)(H2,14,17). The first kappa shape index (κ1) is 11.9. The van der Waals surface area contributed by atoms with E-state index < -0.39 is 0 Å². The second-order valence-electron chi connectivity index (χ2n) is 4.54. The molecule has 1 aliphatic rings. The van der Waals surface area contributed by atoms with Crippen LogP contribution in [0.2, 0.25) is 0 Å². The summed E-state index contributed by atoms with van der Waals surface area (Å²) in [5, 5.41) is 0. The number of amides is 1. The molecule has 2 heterocycles. The molecule has 1 fully saturated rings. The lowest BCUT2D eigenvalue weighted by molar-refractivity contribution is -0.123. The van der Waals surface area contributed by atoms with Crippen LogP contribution in [0.4, 0.5) is 5.82 Å². The zero-order valence-electron chi connectivity index (χ0n) is 9.80. The van der Waals surface area contributed by atoms with Crippen LogP contribution in [0.5, 0.6) is 0 Å². The predicted octanol–water partition coefficient (Wildman–Crippen LogP) is 0.361. The lowest BCUT2D eigenvalue weighted by Crippen LogP contribution is -2.38. The third-order valence-electron chi connectivity index (χ3n) is 3.24. The molecule has 0 spiro atoms. The fourth-order valence-electron chi connectivity index (χ4n) is 2.16. The van der Waals surface area contributed by atoms with Crippen molar-refractivity contribution in [3.63, 3.8) is 0 Å². The molecule has 0 atom stereocenters. The number of hydrogen-bond donors (Lipinski definition) is 2. The Labute approximate surface area is 101 Å². The van der Waals surface area contributed by atoms with E-state index in [-0.39, 0.29) is 11.8 Å². The fraction of sp³-hybridized carbons (Fsp3) is 0.500. The summed E-state index contributed by atoms with van der Waals surface area (Å²) in [4.78, 5) is 17.4. The van der Waals surface area contributed by atoms with Crippen molar-refractivity contribution in [2.24, 2.45) is 11.7 Å². The predicted molar refractivity (Wildman–Crippen MR) is 65.8 cm³/mol. The molecule has 2 rings (SSSR count). The minimum absolute atomic E-state index is 0.0517. The second-order valence-corrected chi connectivity index (χ2v) is 4.54. The molecular weight excluding hydrogens is 216 g/mol. The summed E-state index contributed by atoms with van der Waals surface area (Å²) in [7, 11) is 0. The number of rotatable bonds is 3. The molecule has 1 amide bonds. The Kier molecular flexibility index (Phi) is 3.58. The van der Waals surface area contributed by atoms with Gasteiger partial charge in [0.15, 0.2) is 0 Å². The van der Waals surface area contributed by atoms with Crippen LogP contribution >= 0.6 is 0 Å². The summed E-state index contributed by atoms with van der Waals surface area (Å²) in [6, 6.07) is 3.80. The van der Waals surface area contributed by atoms with E-state index in [1.54, 1.807) is 6.20 Å². The van der Waals surface area contributed by atoms with Crippen molar-refractivity contribution in [1.29, 1.82) is 0 Å². The van der Waals surface area contributed by atoms with Gasteiger partial charge in [-0.25, -0.2) is 4.98 Å². The van der Waals surface area contributed by atoms with Gasteiger partial charge >= 0.3 is 0 Å². The van der Waals surface area contributed by atoms with Crippen molar-refractivity contribution in [3.05, 3.63) is 23.9 Å². The summed E-state index contributed by atoms with van der Waals surface area (Å²) in [6.07, 6.45) is 3.52. The number of nitrogens with zero attached hydrogens (tertiary/aromatic N) is 2. The molecule has 0 aliphatic carbocycles. The summed E-state index contributed by atoms with van der Waals surface area (Å²) in [5.41, 5.74) is 12.0. The molecule has 17 heavy (non-hydrogen) atoms. The highest BCUT2D eigenvalue weighted by Gasteiger charge is 2.22. The van der Waals surface area contributed by atoms with Crippen molar-refractivity contribution in [2.45, 2.75) is 19.4 Å². The largest absolute Gasteiger partial charge is 0.384 e. The third kappa shape index (κ3) is 3.17. The van der Waals surface area contributed by atoms with Crippen LogP contribution in [-0.2, 0) is 11.3 Å². The molecule has 1 saturated heterocycles. The summed E-state index contributed by atoms with van der Waals surface area (Å²) in [5.74, 6) is 0.427. The first-order valence-corrected chi connectivity index (χ1v) is 5.87. The van der Waals surface area contributed by atoms with E-state index in [1.165, 1.54) is 0 Å². The van der Waals surface area contributed by atoms with E-state index in [1.807, 2.05) is 12.1 Å². The average molecular weight is 234 g/mol. The number of piperidine rings is 1. The Morgan fingerprint density at radius 3 is 2.65 bits per heavy atom. The monoisotopic (exact) mass is 234 g/mol. The maximum atomic E-state index is 11.0. The lowest BCUT2D eigenvalue weighted by Gasteiger charge is -2.30. The molecule has 1 aliphatic heterocycles. The van der Waals surface area contributed by atoms with E-state index in [0.29, 0.717) is 5.82 Å². The molecule has 0 unspecified atom stereocenters. The Morgan fingerprint density at radius 1 is 1.41 bits per heavy atom. The number of anilines is 1. The van der Waals surface area contributed by atoms with Crippen LogP contribution in [0.25, 0.3) is 0 Å². The lowest BCUT2D eigenvalue weighted by atomic mass is 9.96. The molecule has 5 heteroatoms.